The van der Waals surface area contributed by atoms with E-state index in [0.29, 0.717) is 28.6 Å². The second kappa shape index (κ2) is 7.67. The number of nitrogens with one attached hydrogen (secondary N) is 1. The van der Waals surface area contributed by atoms with Crippen LogP contribution in [0.2, 0.25) is 0 Å². The van der Waals surface area contributed by atoms with Gasteiger partial charge in [-0.05, 0) is 69.2 Å². The van der Waals surface area contributed by atoms with Crippen LogP contribution in [0.25, 0.3) is 0 Å². The Bertz CT molecular complexity index is 522. The van der Waals surface area contributed by atoms with Crippen molar-refractivity contribution in [2.75, 3.05) is 19.6 Å². The van der Waals surface area contributed by atoms with Gasteiger partial charge in [-0.25, -0.2) is 0 Å². The number of piperidine rings is 1. The minimum Gasteiger partial charge on any atom is -0.351 e. The summed E-state index contributed by atoms with van der Waals surface area (Å²) in [5, 5.41) is 3.28. The monoisotopic (exact) mass is 412 g/mol. The number of fused-ring (bicyclic) bond motifs is 1. The van der Waals surface area contributed by atoms with Gasteiger partial charge in [0.25, 0.3) is 0 Å². The summed E-state index contributed by atoms with van der Waals surface area (Å²) in [6, 6.07) is 0.0353. The van der Waals surface area contributed by atoms with Crippen molar-refractivity contribution in [2.45, 2.75) is 70.2 Å². The number of Topliss-reactive ketones (excluding diaryl/α,β-unsaturated/α-hetero) is 1. The van der Waals surface area contributed by atoms with Crippen LogP contribution in [0.4, 0.5) is 0 Å². The number of hydrogen-bond acceptors (Lipinski definition) is 3. The topological polar surface area (TPSA) is 49.4 Å². The predicted molar refractivity (Wildman–Crippen MR) is 104 cm³/mol. The van der Waals surface area contributed by atoms with Gasteiger partial charge in [-0.15, -0.1) is 0 Å². The Hall–Kier alpha value is -0.420. The fourth-order valence-electron chi connectivity index (χ4n) is 5.46. The number of ketones is 1. The lowest BCUT2D eigenvalue weighted by Crippen LogP contribution is -2.50. The molecule has 3 rings (SSSR count). The van der Waals surface area contributed by atoms with Crippen LogP contribution in [0.5, 0.6) is 0 Å². The lowest BCUT2D eigenvalue weighted by Gasteiger charge is -2.38. The maximum atomic E-state index is 12.7. The standard InChI is InChI=1S/C20H33BrN2O2/c1-13(24)16-9-14-5-6-15(21)10-17(14)19(16)22-18(25)11-23-8-4-7-20(2,3)12-23/h14-17,19H,4-12H2,1-3H3,(H,22,25). The first-order chi connectivity index (χ1) is 11.7. The second-order valence-electron chi connectivity index (χ2n) is 9.36. The molecule has 0 aromatic rings. The van der Waals surface area contributed by atoms with Crippen molar-refractivity contribution in [2.24, 2.45) is 23.2 Å². The van der Waals surface area contributed by atoms with E-state index in [2.05, 4.69) is 40.0 Å². The molecule has 1 N–H and O–H groups in total. The summed E-state index contributed by atoms with van der Waals surface area (Å²) >= 11 is 3.76. The van der Waals surface area contributed by atoms with Crippen LogP contribution in [0.15, 0.2) is 0 Å². The molecule has 0 aromatic heterocycles. The van der Waals surface area contributed by atoms with E-state index in [1.54, 1.807) is 6.92 Å². The summed E-state index contributed by atoms with van der Waals surface area (Å²) in [5.41, 5.74) is 0.297. The number of amides is 1. The van der Waals surface area contributed by atoms with Crippen molar-refractivity contribution in [3.8, 4) is 0 Å². The van der Waals surface area contributed by atoms with Gasteiger partial charge in [0, 0.05) is 23.3 Å². The zero-order valence-electron chi connectivity index (χ0n) is 15.9. The molecule has 1 saturated heterocycles. The average Bonchev–Trinajstić information content (AvgIpc) is 2.84. The van der Waals surface area contributed by atoms with Crippen LogP contribution in [0.3, 0.4) is 0 Å². The van der Waals surface area contributed by atoms with Gasteiger partial charge in [0.15, 0.2) is 0 Å². The van der Waals surface area contributed by atoms with Crippen LogP contribution in [-0.2, 0) is 9.59 Å². The summed E-state index contributed by atoms with van der Waals surface area (Å²) in [6.45, 7) is 8.72. The predicted octanol–water partition coefficient (Wildman–Crippen LogP) is 3.38. The molecule has 0 bridgehead atoms. The maximum absolute atomic E-state index is 12.7. The van der Waals surface area contributed by atoms with Crippen LogP contribution in [0, 0.1) is 23.2 Å². The Balaban J connectivity index is 1.62. The Morgan fingerprint density at radius 1 is 1.24 bits per heavy atom. The summed E-state index contributed by atoms with van der Waals surface area (Å²) in [5.74, 6) is 1.40. The summed E-state index contributed by atoms with van der Waals surface area (Å²) in [7, 11) is 0. The largest absolute Gasteiger partial charge is 0.351 e. The summed E-state index contributed by atoms with van der Waals surface area (Å²) < 4.78 is 0. The van der Waals surface area contributed by atoms with Gasteiger partial charge in [0.1, 0.15) is 5.78 Å². The number of halogens is 1. The van der Waals surface area contributed by atoms with E-state index in [9.17, 15) is 9.59 Å². The lowest BCUT2D eigenvalue weighted by molar-refractivity contribution is -0.125. The van der Waals surface area contributed by atoms with Gasteiger partial charge in [0.05, 0.1) is 6.54 Å². The number of alkyl halides is 1. The molecule has 2 aliphatic carbocycles. The maximum Gasteiger partial charge on any atom is 0.234 e. The molecular formula is C20H33BrN2O2. The third-order valence-corrected chi connectivity index (χ3v) is 7.46. The Kier molecular flexibility index (Phi) is 5.94. The normalized spacial score (nSPS) is 38.2. The summed E-state index contributed by atoms with van der Waals surface area (Å²) in [4.78, 5) is 27.7. The van der Waals surface area contributed by atoms with Crippen molar-refractivity contribution >= 4 is 27.6 Å². The molecule has 4 nitrogen and oxygen atoms in total. The number of hydrogen-bond donors (Lipinski definition) is 1. The molecule has 5 atom stereocenters. The number of carbonyl (C=O) groups is 2. The SMILES string of the molecule is CC(=O)C1CC2CCC(Br)CC2C1NC(=O)CN1CCCC(C)(C)C1. The number of nitrogens with zero attached hydrogens (tertiary/aromatic N) is 1. The zero-order chi connectivity index (χ0) is 18.2. The molecule has 1 aliphatic heterocycles. The van der Waals surface area contributed by atoms with E-state index in [1.807, 2.05) is 0 Å². The minimum absolute atomic E-state index is 0.00884. The van der Waals surface area contributed by atoms with Crippen LogP contribution < -0.4 is 5.32 Å². The molecular weight excluding hydrogens is 380 g/mol. The van der Waals surface area contributed by atoms with Gasteiger partial charge in [0.2, 0.25) is 5.91 Å². The third kappa shape index (κ3) is 4.65. The van der Waals surface area contributed by atoms with Crippen molar-refractivity contribution < 1.29 is 9.59 Å². The number of rotatable bonds is 4. The van der Waals surface area contributed by atoms with Gasteiger partial charge in [-0.3, -0.25) is 14.5 Å². The number of carbonyl (C=O) groups excluding carboxylic acids is 2. The van der Waals surface area contributed by atoms with Crippen molar-refractivity contribution in [3.63, 3.8) is 0 Å². The third-order valence-electron chi connectivity index (χ3n) is 6.63. The van der Waals surface area contributed by atoms with E-state index in [1.165, 1.54) is 19.3 Å². The molecule has 1 amide bonds. The van der Waals surface area contributed by atoms with Gasteiger partial charge in [-0.1, -0.05) is 29.8 Å². The molecule has 0 spiro atoms. The highest BCUT2D eigenvalue weighted by Crippen LogP contribution is 2.47. The highest BCUT2D eigenvalue weighted by atomic mass is 79.9. The Morgan fingerprint density at radius 3 is 2.68 bits per heavy atom. The molecule has 5 heteroatoms. The second-order valence-corrected chi connectivity index (χ2v) is 10.7. The molecule has 2 saturated carbocycles. The molecule has 3 aliphatic rings. The van der Waals surface area contributed by atoms with E-state index in [4.69, 9.17) is 0 Å². The first kappa shape index (κ1) is 19.3. The van der Waals surface area contributed by atoms with E-state index >= 15 is 0 Å². The molecule has 142 valence electrons. The fourth-order valence-corrected chi connectivity index (χ4v) is 6.15. The molecule has 0 radical (unpaired) electrons. The highest BCUT2D eigenvalue weighted by molar-refractivity contribution is 9.09. The molecule has 1 heterocycles. The Morgan fingerprint density at radius 2 is 2.00 bits per heavy atom. The smallest absolute Gasteiger partial charge is 0.234 e. The molecule has 0 aromatic carbocycles. The van der Waals surface area contributed by atoms with Gasteiger partial charge >= 0.3 is 0 Å². The van der Waals surface area contributed by atoms with Crippen LogP contribution in [0.1, 0.15) is 59.3 Å². The molecule has 5 unspecified atom stereocenters. The lowest BCUT2D eigenvalue weighted by atomic mass is 9.80. The molecule has 3 fully saturated rings. The highest BCUT2D eigenvalue weighted by Gasteiger charge is 2.47. The van der Waals surface area contributed by atoms with E-state index in [-0.39, 0.29) is 23.7 Å². The first-order valence-corrected chi connectivity index (χ1v) is 10.8. The van der Waals surface area contributed by atoms with Crippen LogP contribution >= 0.6 is 15.9 Å². The van der Waals surface area contributed by atoms with E-state index < -0.39 is 0 Å². The average molecular weight is 413 g/mol. The fraction of sp³-hybridized carbons (Fsp3) is 0.900. The van der Waals surface area contributed by atoms with Gasteiger partial charge in [-0.2, -0.15) is 0 Å². The Labute approximate surface area is 160 Å². The number of likely N-dealkylation sites (tertiary alicyclic amines) is 1. The van der Waals surface area contributed by atoms with Gasteiger partial charge < -0.3 is 5.32 Å². The first-order valence-electron chi connectivity index (χ1n) is 9.91. The van der Waals surface area contributed by atoms with Crippen molar-refractivity contribution in [1.29, 1.82) is 0 Å². The van der Waals surface area contributed by atoms with E-state index in [0.717, 1.165) is 32.4 Å². The summed E-state index contributed by atoms with van der Waals surface area (Å²) in [6.07, 6.45) is 6.80. The zero-order valence-corrected chi connectivity index (χ0v) is 17.5. The van der Waals surface area contributed by atoms with Crippen LogP contribution in [-0.4, -0.2) is 47.1 Å². The molecule has 25 heavy (non-hydrogen) atoms. The quantitative estimate of drug-likeness (QED) is 0.719. The van der Waals surface area contributed by atoms with Crippen molar-refractivity contribution in [3.05, 3.63) is 0 Å². The van der Waals surface area contributed by atoms with Crippen molar-refractivity contribution in [1.82, 2.24) is 10.2 Å². The minimum atomic E-state index is 0.00884.